The van der Waals surface area contributed by atoms with E-state index in [2.05, 4.69) is 15.4 Å². The van der Waals surface area contributed by atoms with Gasteiger partial charge in [0.15, 0.2) is 5.82 Å². The highest BCUT2D eigenvalue weighted by atomic mass is 16.6. The van der Waals surface area contributed by atoms with Crippen molar-refractivity contribution in [3.8, 4) is 5.75 Å². The fourth-order valence-corrected chi connectivity index (χ4v) is 2.70. The molecule has 0 aliphatic heterocycles. The molecule has 4 rings (SSSR count). The van der Waals surface area contributed by atoms with Crippen LogP contribution in [0.3, 0.4) is 0 Å². The van der Waals surface area contributed by atoms with Gasteiger partial charge in [0.25, 0.3) is 0 Å². The Morgan fingerprint density at radius 1 is 1.35 bits per heavy atom. The topological polar surface area (TPSA) is 94.6 Å². The Labute approximate surface area is 150 Å². The molecule has 0 unspecified atom stereocenters. The highest BCUT2D eigenvalue weighted by Crippen LogP contribution is 2.31. The first kappa shape index (κ1) is 16.3. The van der Waals surface area contributed by atoms with Gasteiger partial charge >= 0.3 is 5.82 Å². The first-order valence-electron chi connectivity index (χ1n) is 8.55. The molecule has 3 aromatic rings. The van der Waals surface area contributed by atoms with Crippen LogP contribution in [0, 0.1) is 23.0 Å². The summed E-state index contributed by atoms with van der Waals surface area (Å²) in [5, 5.41) is 18.5. The molecule has 1 aliphatic rings. The second-order valence-electron chi connectivity index (χ2n) is 6.58. The standard InChI is InChI=1S/C18H19N5O3/c1-12-2-5-14(15(8-12)26-11-13-3-4-13)9-19-16-6-7-17-20-10-18(23(24)25)22(17)21-16/h2,5-8,10,13H,3-4,9,11H2,1H3,(H,19,21). The van der Waals surface area contributed by atoms with E-state index in [0.29, 0.717) is 23.9 Å². The fraction of sp³-hybridized carbons (Fsp3) is 0.333. The predicted molar refractivity (Wildman–Crippen MR) is 96.4 cm³/mol. The van der Waals surface area contributed by atoms with Gasteiger partial charge in [0, 0.05) is 18.2 Å². The maximum absolute atomic E-state index is 11.0. The Hall–Kier alpha value is -3.16. The molecule has 0 radical (unpaired) electrons. The highest BCUT2D eigenvalue weighted by Gasteiger charge is 2.22. The van der Waals surface area contributed by atoms with Crippen molar-refractivity contribution in [2.45, 2.75) is 26.3 Å². The third-order valence-electron chi connectivity index (χ3n) is 4.39. The van der Waals surface area contributed by atoms with Crippen LogP contribution < -0.4 is 10.1 Å². The average molecular weight is 353 g/mol. The molecule has 1 aromatic carbocycles. The van der Waals surface area contributed by atoms with Crippen LogP contribution in [-0.2, 0) is 6.54 Å². The van der Waals surface area contributed by atoms with E-state index < -0.39 is 4.92 Å². The van der Waals surface area contributed by atoms with Gasteiger partial charge in [-0.3, -0.25) is 0 Å². The van der Waals surface area contributed by atoms with E-state index >= 15 is 0 Å². The van der Waals surface area contributed by atoms with Crippen molar-refractivity contribution in [3.05, 3.63) is 57.8 Å². The fourth-order valence-electron chi connectivity index (χ4n) is 2.70. The Morgan fingerprint density at radius 3 is 2.96 bits per heavy atom. The number of hydrogen-bond donors (Lipinski definition) is 1. The van der Waals surface area contributed by atoms with Gasteiger partial charge in [-0.25, -0.2) is 4.98 Å². The zero-order valence-corrected chi connectivity index (χ0v) is 14.4. The molecule has 134 valence electrons. The summed E-state index contributed by atoms with van der Waals surface area (Å²) in [7, 11) is 0. The predicted octanol–water partition coefficient (Wildman–Crippen LogP) is 3.35. The number of nitro groups is 1. The summed E-state index contributed by atoms with van der Waals surface area (Å²) in [6.45, 7) is 3.30. The van der Waals surface area contributed by atoms with Gasteiger partial charge in [-0.2, -0.15) is 0 Å². The molecule has 1 N–H and O–H groups in total. The van der Waals surface area contributed by atoms with Crippen molar-refractivity contribution < 1.29 is 9.66 Å². The van der Waals surface area contributed by atoms with Gasteiger partial charge in [-0.05, 0) is 48.3 Å². The van der Waals surface area contributed by atoms with Gasteiger partial charge in [-0.15, -0.1) is 0 Å². The van der Waals surface area contributed by atoms with E-state index in [1.54, 1.807) is 12.1 Å². The lowest BCUT2D eigenvalue weighted by Gasteiger charge is -2.13. The Balaban J connectivity index is 1.52. The largest absolute Gasteiger partial charge is 0.493 e. The van der Waals surface area contributed by atoms with Crippen molar-refractivity contribution in [2.75, 3.05) is 11.9 Å². The smallest absolute Gasteiger partial charge is 0.368 e. The third-order valence-corrected chi connectivity index (χ3v) is 4.39. The summed E-state index contributed by atoms with van der Waals surface area (Å²) >= 11 is 0. The summed E-state index contributed by atoms with van der Waals surface area (Å²) in [5.41, 5.74) is 2.61. The van der Waals surface area contributed by atoms with E-state index in [4.69, 9.17) is 4.74 Å². The summed E-state index contributed by atoms with van der Waals surface area (Å²) in [6.07, 6.45) is 3.69. The number of nitrogens with one attached hydrogen (secondary N) is 1. The third kappa shape index (κ3) is 3.44. The number of rotatable bonds is 7. The quantitative estimate of drug-likeness (QED) is 0.517. The Morgan fingerprint density at radius 2 is 2.19 bits per heavy atom. The van der Waals surface area contributed by atoms with Gasteiger partial charge in [-0.1, -0.05) is 21.7 Å². The van der Waals surface area contributed by atoms with E-state index in [1.165, 1.54) is 23.6 Å². The van der Waals surface area contributed by atoms with Crippen LogP contribution in [-0.4, -0.2) is 26.1 Å². The molecule has 2 aromatic heterocycles. The summed E-state index contributed by atoms with van der Waals surface area (Å²) in [4.78, 5) is 14.5. The molecule has 1 fully saturated rings. The maximum Gasteiger partial charge on any atom is 0.368 e. The van der Waals surface area contributed by atoms with Gasteiger partial charge in [0.05, 0.1) is 6.61 Å². The van der Waals surface area contributed by atoms with Crippen LogP contribution >= 0.6 is 0 Å². The molecule has 0 amide bonds. The van der Waals surface area contributed by atoms with Gasteiger partial charge < -0.3 is 20.2 Å². The first-order chi connectivity index (χ1) is 12.6. The van der Waals surface area contributed by atoms with Crippen LogP contribution in [0.5, 0.6) is 5.75 Å². The number of ether oxygens (including phenoxy) is 1. The van der Waals surface area contributed by atoms with Crippen LogP contribution in [0.4, 0.5) is 11.6 Å². The molecule has 0 spiro atoms. The zero-order valence-electron chi connectivity index (χ0n) is 14.4. The van der Waals surface area contributed by atoms with Crippen molar-refractivity contribution in [2.24, 2.45) is 5.92 Å². The van der Waals surface area contributed by atoms with Crippen molar-refractivity contribution in [3.63, 3.8) is 0 Å². The summed E-state index contributed by atoms with van der Waals surface area (Å²) < 4.78 is 7.20. The van der Waals surface area contributed by atoms with E-state index in [-0.39, 0.29) is 5.82 Å². The molecule has 2 heterocycles. The summed E-state index contributed by atoms with van der Waals surface area (Å²) in [6, 6.07) is 9.56. The van der Waals surface area contributed by atoms with E-state index in [1.807, 2.05) is 25.1 Å². The molecule has 0 atom stereocenters. The monoisotopic (exact) mass is 353 g/mol. The highest BCUT2D eigenvalue weighted by molar-refractivity contribution is 5.49. The molecule has 8 nitrogen and oxygen atoms in total. The second kappa shape index (κ2) is 6.62. The maximum atomic E-state index is 11.0. The van der Waals surface area contributed by atoms with Crippen LogP contribution in [0.15, 0.2) is 36.5 Å². The lowest BCUT2D eigenvalue weighted by atomic mass is 10.1. The van der Waals surface area contributed by atoms with Crippen molar-refractivity contribution >= 4 is 17.3 Å². The van der Waals surface area contributed by atoms with Crippen LogP contribution in [0.2, 0.25) is 0 Å². The number of anilines is 1. The van der Waals surface area contributed by atoms with Crippen LogP contribution in [0.1, 0.15) is 24.0 Å². The molecule has 8 heteroatoms. The molecular formula is C18H19N5O3. The summed E-state index contributed by atoms with van der Waals surface area (Å²) in [5.74, 6) is 1.93. The first-order valence-corrected chi connectivity index (χ1v) is 8.55. The normalized spacial score (nSPS) is 13.7. The number of aromatic nitrogens is 3. The molecule has 26 heavy (non-hydrogen) atoms. The minimum atomic E-state index is -0.499. The number of nitrogens with zero attached hydrogens (tertiary/aromatic N) is 4. The second-order valence-corrected chi connectivity index (χ2v) is 6.58. The number of benzene rings is 1. The number of hydrogen-bond acceptors (Lipinski definition) is 6. The van der Waals surface area contributed by atoms with Crippen LogP contribution in [0.25, 0.3) is 5.65 Å². The zero-order chi connectivity index (χ0) is 18.1. The molecule has 0 saturated heterocycles. The van der Waals surface area contributed by atoms with Gasteiger partial charge in [0.2, 0.25) is 5.65 Å². The number of imidazole rings is 1. The average Bonchev–Trinajstić information content (AvgIpc) is 3.36. The SMILES string of the molecule is Cc1ccc(CNc2ccc3ncc([N+](=O)[O-])n3n2)c(OCC2CC2)c1. The molecular weight excluding hydrogens is 334 g/mol. The minimum Gasteiger partial charge on any atom is -0.493 e. The van der Waals surface area contributed by atoms with Crippen molar-refractivity contribution in [1.82, 2.24) is 14.6 Å². The Bertz CT molecular complexity index is 965. The van der Waals surface area contributed by atoms with Gasteiger partial charge in [0.1, 0.15) is 11.9 Å². The molecule has 1 saturated carbocycles. The van der Waals surface area contributed by atoms with Crippen molar-refractivity contribution in [1.29, 1.82) is 0 Å². The number of fused-ring (bicyclic) bond motifs is 1. The lowest BCUT2D eigenvalue weighted by molar-refractivity contribution is -0.391. The molecule has 1 aliphatic carbocycles. The molecule has 0 bridgehead atoms. The van der Waals surface area contributed by atoms with E-state index in [9.17, 15) is 10.1 Å². The Kier molecular flexibility index (Phi) is 4.16. The number of aryl methyl sites for hydroxylation is 1. The lowest BCUT2D eigenvalue weighted by Crippen LogP contribution is -2.08. The van der Waals surface area contributed by atoms with E-state index in [0.717, 1.165) is 23.5 Å². The minimum absolute atomic E-state index is 0.160.